The lowest BCUT2D eigenvalue weighted by Crippen LogP contribution is -2.52. The second-order valence-corrected chi connectivity index (χ2v) is 11.0. The van der Waals surface area contributed by atoms with Gasteiger partial charge in [0.1, 0.15) is 12.6 Å². The van der Waals surface area contributed by atoms with Gasteiger partial charge in [-0.25, -0.2) is 8.42 Å². The van der Waals surface area contributed by atoms with Crippen molar-refractivity contribution in [1.82, 2.24) is 10.2 Å². The van der Waals surface area contributed by atoms with E-state index in [1.807, 2.05) is 65.0 Å². The topological polar surface area (TPSA) is 86.8 Å². The van der Waals surface area contributed by atoms with Crippen molar-refractivity contribution in [2.24, 2.45) is 0 Å². The average Bonchev–Trinajstić information content (AvgIpc) is 2.79. The first-order chi connectivity index (χ1) is 16.5. The summed E-state index contributed by atoms with van der Waals surface area (Å²) in [6.07, 6.45) is 3.30. The molecule has 0 spiro atoms. The van der Waals surface area contributed by atoms with Gasteiger partial charge in [-0.15, -0.1) is 0 Å². The Kier molecular flexibility index (Phi) is 10.3. The molecule has 2 amide bonds. The van der Waals surface area contributed by atoms with Crippen LogP contribution >= 0.6 is 0 Å². The van der Waals surface area contributed by atoms with E-state index in [2.05, 4.69) is 5.32 Å². The summed E-state index contributed by atoms with van der Waals surface area (Å²) in [5.41, 5.74) is 4.31. The number of hydrogen-bond donors (Lipinski definition) is 1. The van der Waals surface area contributed by atoms with Gasteiger partial charge < -0.3 is 10.2 Å². The van der Waals surface area contributed by atoms with E-state index in [0.717, 1.165) is 45.7 Å². The molecule has 0 saturated carbocycles. The molecule has 1 N–H and O–H groups in total. The van der Waals surface area contributed by atoms with Crippen molar-refractivity contribution in [3.05, 3.63) is 64.7 Å². The third kappa shape index (κ3) is 7.82. The number of amides is 2. The lowest BCUT2D eigenvalue weighted by molar-refractivity contribution is -0.140. The van der Waals surface area contributed by atoms with E-state index in [1.54, 1.807) is 12.1 Å². The van der Waals surface area contributed by atoms with Gasteiger partial charge in [0.2, 0.25) is 21.8 Å². The predicted molar refractivity (Wildman–Crippen MR) is 142 cm³/mol. The molecule has 0 radical (unpaired) electrons. The molecule has 0 bridgehead atoms. The Morgan fingerprint density at radius 3 is 2.23 bits per heavy atom. The molecule has 7 nitrogen and oxygen atoms in total. The highest BCUT2D eigenvalue weighted by Crippen LogP contribution is 2.23. The summed E-state index contributed by atoms with van der Waals surface area (Å²) >= 11 is 0. The van der Waals surface area contributed by atoms with Gasteiger partial charge in [0.15, 0.2) is 0 Å². The van der Waals surface area contributed by atoms with Crippen molar-refractivity contribution in [1.29, 1.82) is 0 Å². The third-order valence-electron chi connectivity index (χ3n) is 6.28. The number of hydrogen-bond acceptors (Lipinski definition) is 4. The summed E-state index contributed by atoms with van der Waals surface area (Å²) in [4.78, 5) is 28.3. The summed E-state index contributed by atoms with van der Waals surface area (Å²) in [5.74, 6) is -0.644. The van der Waals surface area contributed by atoms with Gasteiger partial charge >= 0.3 is 0 Å². The number of anilines is 1. The van der Waals surface area contributed by atoms with Crippen LogP contribution in [0.25, 0.3) is 0 Å². The first-order valence-electron chi connectivity index (χ1n) is 12.2. The van der Waals surface area contributed by atoms with Crippen LogP contribution in [0.15, 0.2) is 42.5 Å². The largest absolute Gasteiger partial charge is 0.354 e. The molecule has 192 valence electrons. The molecule has 2 aromatic rings. The number of aryl methyl sites for hydroxylation is 3. The van der Waals surface area contributed by atoms with Crippen LogP contribution in [0.4, 0.5) is 5.69 Å². The van der Waals surface area contributed by atoms with Crippen LogP contribution in [-0.2, 0) is 26.2 Å². The van der Waals surface area contributed by atoms with Gasteiger partial charge in [0.25, 0.3) is 0 Å². The normalized spacial score (nSPS) is 12.2. The maximum absolute atomic E-state index is 13.7. The minimum Gasteiger partial charge on any atom is -0.354 e. The number of benzene rings is 2. The molecule has 35 heavy (non-hydrogen) atoms. The van der Waals surface area contributed by atoms with Crippen molar-refractivity contribution >= 4 is 27.5 Å². The van der Waals surface area contributed by atoms with E-state index in [9.17, 15) is 18.0 Å². The molecule has 8 heteroatoms. The molecule has 0 aliphatic heterocycles. The van der Waals surface area contributed by atoms with Crippen LogP contribution in [0.5, 0.6) is 0 Å². The van der Waals surface area contributed by atoms with Crippen molar-refractivity contribution in [2.45, 2.75) is 66.5 Å². The van der Waals surface area contributed by atoms with E-state index in [1.165, 1.54) is 4.90 Å². The number of unbranched alkanes of at least 4 members (excludes halogenated alkanes) is 1. The summed E-state index contributed by atoms with van der Waals surface area (Å²) in [7, 11) is -3.74. The second-order valence-electron chi connectivity index (χ2n) is 9.05. The number of carbonyl (C=O) groups is 2. The van der Waals surface area contributed by atoms with Gasteiger partial charge in [-0.2, -0.15) is 0 Å². The zero-order valence-corrected chi connectivity index (χ0v) is 22.6. The molecular weight excluding hydrogens is 462 g/mol. The Morgan fingerprint density at radius 2 is 1.66 bits per heavy atom. The lowest BCUT2D eigenvalue weighted by Gasteiger charge is -2.33. The highest BCUT2D eigenvalue weighted by atomic mass is 32.2. The summed E-state index contributed by atoms with van der Waals surface area (Å²) < 4.78 is 26.6. The highest BCUT2D eigenvalue weighted by Gasteiger charge is 2.31. The molecular formula is C27H39N3O4S. The smallest absolute Gasteiger partial charge is 0.244 e. The third-order valence-corrected chi connectivity index (χ3v) is 7.42. The Morgan fingerprint density at radius 1 is 0.971 bits per heavy atom. The summed E-state index contributed by atoms with van der Waals surface area (Å²) in [5, 5.41) is 2.93. The van der Waals surface area contributed by atoms with E-state index < -0.39 is 22.0 Å². The van der Waals surface area contributed by atoms with Crippen LogP contribution < -0.4 is 9.62 Å². The maximum Gasteiger partial charge on any atom is 0.244 e. The van der Waals surface area contributed by atoms with Crippen molar-refractivity contribution in [2.75, 3.05) is 23.7 Å². The van der Waals surface area contributed by atoms with Gasteiger partial charge in [-0.3, -0.25) is 13.9 Å². The minimum absolute atomic E-state index is 0.218. The lowest BCUT2D eigenvalue weighted by atomic mass is 10.1. The van der Waals surface area contributed by atoms with Crippen LogP contribution in [-0.4, -0.2) is 50.5 Å². The van der Waals surface area contributed by atoms with Crippen molar-refractivity contribution < 1.29 is 18.0 Å². The standard InChI is InChI=1S/C27H39N3O4S/c1-7-9-16-28-27(32)25(8-2)29(18-23-13-11-10-12-21(23)4)26(31)19-30(35(6,33)34)24-15-14-20(3)22(5)17-24/h10-15,17,25H,7-9,16,18-19H2,1-6H3,(H,28,32)/t25-/m0/s1. The number of carbonyl (C=O) groups excluding carboxylic acids is 2. The highest BCUT2D eigenvalue weighted by molar-refractivity contribution is 7.92. The second kappa shape index (κ2) is 12.7. The van der Waals surface area contributed by atoms with Crippen LogP contribution in [0.2, 0.25) is 0 Å². The fourth-order valence-electron chi connectivity index (χ4n) is 3.89. The molecule has 0 heterocycles. The van der Waals surface area contributed by atoms with E-state index in [-0.39, 0.29) is 19.0 Å². The Hall–Kier alpha value is -2.87. The van der Waals surface area contributed by atoms with E-state index in [0.29, 0.717) is 18.7 Å². The first kappa shape index (κ1) is 28.4. The van der Waals surface area contributed by atoms with Crippen LogP contribution in [0.3, 0.4) is 0 Å². The molecule has 2 aromatic carbocycles. The molecule has 1 atom stereocenters. The molecule has 2 rings (SSSR count). The van der Waals surface area contributed by atoms with Crippen molar-refractivity contribution in [3.63, 3.8) is 0 Å². The fourth-order valence-corrected chi connectivity index (χ4v) is 4.73. The molecule has 0 aromatic heterocycles. The molecule has 0 aliphatic carbocycles. The molecule has 0 saturated heterocycles. The molecule has 0 unspecified atom stereocenters. The zero-order valence-electron chi connectivity index (χ0n) is 21.8. The zero-order chi connectivity index (χ0) is 26.2. The van der Waals surface area contributed by atoms with Crippen LogP contribution in [0, 0.1) is 20.8 Å². The van der Waals surface area contributed by atoms with E-state index >= 15 is 0 Å². The Labute approximate surface area is 210 Å². The van der Waals surface area contributed by atoms with Gasteiger partial charge in [-0.05, 0) is 68.0 Å². The fraction of sp³-hybridized carbons (Fsp3) is 0.481. The van der Waals surface area contributed by atoms with E-state index in [4.69, 9.17) is 0 Å². The summed E-state index contributed by atoms with van der Waals surface area (Å²) in [6.45, 7) is 10.1. The van der Waals surface area contributed by atoms with Gasteiger partial charge in [-0.1, -0.05) is 50.6 Å². The Balaban J connectivity index is 2.43. The van der Waals surface area contributed by atoms with Crippen molar-refractivity contribution in [3.8, 4) is 0 Å². The number of nitrogens with zero attached hydrogens (tertiary/aromatic N) is 2. The SMILES string of the molecule is CCCCNC(=O)[C@H](CC)N(Cc1ccccc1C)C(=O)CN(c1ccc(C)c(C)c1)S(C)(=O)=O. The average molecular weight is 502 g/mol. The molecule has 0 aliphatic rings. The monoisotopic (exact) mass is 501 g/mol. The maximum atomic E-state index is 13.7. The van der Waals surface area contributed by atoms with Gasteiger partial charge in [0, 0.05) is 13.1 Å². The van der Waals surface area contributed by atoms with Gasteiger partial charge in [0.05, 0.1) is 11.9 Å². The number of sulfonamides is 1. The Bertz CT molecular complexity index is 1130. The minimum atomic E-state index is -3.74. The number of nitrogens with one attached hydrogen (secondary N) is 1. The first-order valence-corrected chi connectivity index (χ1v) is 14.0. The quantitative estimate of drug-likeness (QED) is 0.444. The number of rotatable bonds is 12. The predicted octanol–water partition coefficient (Wildman–Crippen LogP) is 4.10. The summed E-state index contributed by atoms with van der Waals surface area (Å²) in [6, 6.07) is 12.3. The van der Waals surface area contributed by atoms with Crippen LogP contribution in [0.1, 0.15) is 55.4 Å². The molecule has 0 fully saturated rings.